The van der Waals surface area contributed by atoms with Gasteiger partial charge < -0.3 is 10.7 Å². The Hall–Kier alpha value is -3.55. The Labute approximate surface area is 232 Å². The van der Waals surface area contributed by atoms with E-state index in [-0.39, 0.29) is 11.6 Å². The van der Waals surface area contributed by atoms with E-state index in [2.05, 4.69) is 32.8 Å². The molecule has 198 valence electrons. The summed E-state index contributed by atoms with van der Waals surface area (Å²) < 4.78 is 15.8. The molecule has 2 aliphatic carbocycles. The van der Waals surface area contributed by atoms with E-state index in [0.717, 1.165) is 53.9 Å². The number of halogens is 1. The molecule has 0 spiro atoms. The van der Waals surface area contributed by atoms with Gasteiger partial charge in [-0.2, -0.15) is 0 Å². The molecule has 1 aromatic heterocycles. The number of nitrogens with zero attached hydrogens (tertiary/aromatic N) is 2. The highest BCUT2D eigenvalue weighted by atomic mass is 32.2. The van der Waals surface area contributed by atoms with Crippen LogP contribution in [0.3, 0.4) is 0 Å². The van der Waals surface area contributed by atoms with Crippen molar-refractivity contribution < 1.29 is 9.18 Å². The quantitative estimate of drug-likeness (QED) is 0.194. The summed E-state index contributed by atoms with van der Waals surface area (Å²) in [7, 11) is 0. The third kappa shape index (κ3) is 5.09. The lowest BCUT2D eigenvalue weighted by Crippen LogP contribution is -2.49. The zero-order valence-corrected chi connectivity index (χ0v) is 22.8. The molecule has 3 aromatic rings. The fraction of sp³-hybridized carbons (Fsp3) is 0.281. The second-order valence-electron chi connectivity index (χ2n) is 10.7. The molecule has 0 bridgehead atoms. The smallest absolute Gasteiger partial charge is 0.193 e. The third-order valence-electron chi connectivity index (χ3n) is 8.03. The molecular formula is C32H31FN4OS. The number of benzene rings is 2. The molecule has 1 fully saturated rings. The Morgan fingerprint density at radius 3 is 2.72 bits per heavy atom. The van der Waals surface area contributed by atoms with Gasteiger partial charge in [-0.25, -0.2) is 8.70 Å². The number of hydrogen-bond acceptors (Lipinski definition) is 6. The lowest BCUT2D eigenvalue weighted by atomic mass is 9.65. The number of anilines is 1. The summed E-state index contributed by atoms with van der Waals surface area (Å²) >= 11 is 1.72. The van der Waals surface area contributed by atoms with Crippen LogP contribution in [0, 0.1) is 23.6 Å². The average Bonchev–Trinajstić information content (AvgIpc) is 3.41. The average molecular weight is 539 g/mol. The van der Waals surface area contributed by atoms with Crippen molar-refractivity contribution in [3.63, 3.8) is 0 Å². The van der Waals surface area contributed by atoms with Gasteiger partial charge in [0.15, 0.2) is 5.78 Å². The summed E-state index contributed by atoms with van der Waals surface area (Å²) in [5, 5.41) is 11.6. The van der Waals surface area contributed by atoms with Gasteiger partial charge >= 0.3 is 0 Å². The first-order valence-corrected chi connectivity index (χ1v) is 14.2. The van der Waals surface area contributed by atoms with Crippen LogP contribution in [-0.2, 0) is 12.8 Å². The minimum Gasteiger partial charge on any atom is -0.355 e. The van der Waals surface area contributed by atoms with Crippen LogP contribution in [0.2, 0.25) is 0 Å². The normalized spacial score (nSPS) is 20.7. The first kappa shape index (κ1) is 25.7. The maximum absolute atomic E-state index is 14.3. The van der Waals surface area contributed by atoms with E-state index in [9.17, 15) is 9.18 Å². The Kier molecular flexibility index (Phi) is 6.95. The number of carbonyl (C=O) groups is 1. The number of pyridine rings is 1. The van der Waals surface area contributed by atoms with Gasteiger partial charge in [-0.1, -0.05) is 11.6 Å². The maximum Gasteiger partial charge on any atom is 0.193 e. The summed E-state index contributed by atoms with van der Waals surface area (Å²) in [5.74, 6) is -0.302. The maximum atomic E-state index is 14.3. The van der Waals surface area contributed by atoms with Crippen LogP contribution in [0.4, 0.5) is 10.1 Å². The topological polar surface area (TPSA) is 69.1 Å². The Balaban J connectivity index is 1.34. The van der Waals surface area contributed by atoms with Crippen molar-refractivity contribution in [1.29, 1.82) is 5.41 Å². The summed E-state index contributed by atoms with van der Waals surface area (Å²) in [4.78, 5) is 20.0. The highest BCUT2D eigenvalue weighted by Crippen LogP contribution is 2.48. The molecule has 0 saturated carbocycles. The van der Waals surface area contributed by atoms with Gasteiger partial charge in [-0.15, -0.1) is 0 Å². The number of piperidine rings is 1. The molecule has 0 radical (unpaired) electrons. The Morgan fingerprint density at radius 2 is 1.92 bits per heavy atom. The molecule has 3 aliphatic rings. The third-order valence-corrected chi connectivity index (χ3v) is 9.07. The Morgan fingerprint density at radius 1 is 1.10 bits per heavy atom. The molecule has 2 aromatic carbocycles. The molecule has 1 saturated heterocycles. The minimum atomic E-state index is -0.816. The van der Waals surface area contributed by atoms with Crippen LogP contribution >= 0.6 is 11.9 Å². The summed E-state index contributed by atoms with van der Waals surface area (Å²) in [5.41, 5.74) is 6.86. The van der Waals surface area contributed by atoms with Gasteiger partial charge in [0.1, 0.15) is 11.5 Å². The fourth-order valence-corrected chi connectivity index (χ4v) is 7.09. The minimum absolute atomic E-state index is 0.00288. The number of Topliss-reactive ketones (excluding diaryl/α,β-unsaturated/α-hetero) is 1. The number of allylic oxidation sites excluding steroid dienone is 2. The lowest BCUT2D eigenvalue weighted by molar-refractivity contribution is 0.0775. The van der Waals surface area contributed by atoms with Gasteiger partial charge in [-0.05, 0) is 128 Å². The van der Waals surface area contributed by atoms with Gasteiger partial charge in [0.2, 0.25) is 0 Å². The van der Waals surface area contributed by atoms with Crippen LogP contribution in [-0.4, -0.2) is 34.4 Å². The highest BCUT2D eigenvalue weighted by Gasteiger charge is 2.49. The predicted molar refractivity (Wildman–Crippen MR) is 155 cm³/mol. The van der Waals surface area contributed by atoms with Crippen molar-refractivity contribution in [2.45, 2.75) is 43.9 Å². The van der Waals surface area contributed by atoms with Crippen molar-refractivity contribution in [3.8, 4) is 0 Å². The van der Waals surface area contributed by atoms with E-state index in [0.29, 0.717) is 18.7 Å². The first-order valence-electron chi connectivity index (χ1n) is 13.4. The first-order chi connectivity index (χ1) is 18.9. The SMILES string of the molecule is Cc1ccnc(C(=O)C23CC(C=N)=C(Nc4ccc(F)cc4)C=C2CCN(Sc2ccc4c(c2)CCC4)C3)c1. The van der Waals surface area contributed by atoms with E-state index < -0.39 is 5.41 Å². The van der Waals surface area contributed by atoms with Crippen LogP contribution < -0.4 is 5.32 Å². The van der Waals surface area contributed by atoms with Crippen molar-refractivity contribution in [1.82, 2.24) is 9.29 Å². The molecule has 1 atom stereocenters. The van der Waals surface area contributed by atoms with Gasteiger partial charge in [0.25, 0.3) is 0 Å². The van der Waals surface area contributed by atoms with Gasteiger partial charge in [0.05, 0.1) is 5.41 Å². The van der Waals surface area contributed by atoms with E-state index in [1.165, 1.54) is 40.8 Å². The van der Waals surface area contributed by atoms with Gasteiger partial charge in [-0.3, -0.25) is 9.78 Å². The van der Waals surface area contributed by atoms with E-state index in [1.807, 2.05) is 25.1 Å². The molecule has 5 nitrogen and oxygen atoms in total. The molecular weight excluding hydrogens is 507 g/mol. The number of fused-ring (bicyclic) bond motifs is 2. The number of ketones is 1. The summed E-state index contributed by atoms with van der Waals surface area (Å²) in [6, 6.07) is 16.7. The molecule has 6 rings (SSSR count). The van der Waals surface area contributed by atoms with Crippen LogP contribution in [0.15, 0.2) is 88.6 Å². The molecule has 39 heavy (non-hydrogen) atoms. The van der Waals surface area contributed by atoms with Crippen molar-refractivity contribution in [3.05, 3.63) is 112 Å². The van der Waals surface area contributed by atoms with Crippen molar-refractivity contribution in [2.75, 3.05) is 18.4 Å². The second-order valence-corrected chi connectivity index (χ2v) is 11.9. The molecule has 7 heteroatoms. The largest absolute Gasteiger partial charge is 0.355 e. The Bertz CT molecular complexity index is 1510. The number of aryl methyl sites for hydroxylation is 3. The summed E-state index contributed by atoms with van der Waals surface area (Å²) in [6.45, 7) is 3.32. The predicted octanol–water partition coefficient (Wildman–Crippen LogP) is 6.95. The standard InChI is InChI=1S/C32H31FN4OS/c1-21-11-13-35-30(15-21)31(38)32-18-24(19-34)29(36-27-8-6-26(33)7-9-27)17-25(32)12-14-37(20-32)39-28-10-5-22-3-2-4-23(22)16-28/h5-11,13,15-17,19,34,36H,2-4,12,14,18,20H2,1H3. The molecule has 0 amide bonds. The van der Waals surface area contributed by atoms with Crippen LogP contribution in [0.5, 0.6) is 0 Å². The number of nitrogens with one attached hydrogen (secondary N) is 2. The molecule has 1 aliphatic heterocycles. The highest BCUT2D eigenvalue weighted by molar-refractivity contribution is 7.97. The number of rotatable bonds is 7. The van der Waals surface area contributed by atoms with Crippen molar-refractivity contribution >= 4 is 29.6 Å². The van der Waals surface area contributed by atoms with E-state index in [1.54, 1.807) is 30.3 Å². The monoisotopic (exact) mass is 538 g/mol. The zero-order chi connectivity index (χ0) is 27.0. The lowest BCUT2D eigenvalue weighted by Gasteiger charge is -2.45. The number of aromatic nitrogens is 1. The molecule has 2 N–H and O–H groups in total. The molecule has 1 unspecified atom stereocenters. The van der Waals surface area contributed by atoms with Gasteiger partial charge in [0, 0.05) is 41.8 Å². The number of carbonyl (C=O) groups excluding carboxylic acids is 1. The zero-order valence-electron chi connectivity index (χ0n) is 22.0. The summed E-state index contributed by atoms with van der Waals surface area (Å²) in [6.07, 6.45) is 9.72. The number of hydrogen-bond donors (Lipinski definition) is 2. The molecule has 2 heterocycles. The van der Waals surface area contributed by atoms with Crippen LogP contribution in [0.1, 0.15) is 46.4 Å². The van der Waals surface area contributed by atoms with E-state index >= 15 is 0 Å². The van der Waals surface area contributed by atoms with E-state index in [4.69, 9.17) is 5.41 Å². The van der Waals surface area contributed by atoms with Crippen molar-refractivity contribution in [2.24, 2.45) is 5.41 Å². The second kappa shape index (κ2) is 10.5. The van der Waals surface area contributed by atoms with Crippen LogP contribution in [0.25, 0.3) is 0 Å². The fourth-order valence-electron chi connectivity index (χ4n) is 6.00.